The van der Waals surface area contributed by atoms with E-state index in [1.165, 1.54) is 5.56 Å². The van der Waals surface area contributed by atoms with Crippen LogP contribution in [0.3, 0.4) is 0 Å². The minimum absolute atomic E-state index is 0.0771. The van der Waals surface area contributed by atoms with Gasteiger partial charge in [-0.2, -0.15) is 0 Å². The van der Waals surface area contributed by atoms with Gasteiger partial charge in [-0.1, -0.05) is 115 Å². The highest BCUT2D eigenvalue weighted by Gasteiger charge is 2.20. The van der Waals surface area contributed by atoms with Crippen molar-refractivity contribution in [2.75, 3.05) is 31.1 Å². The zero-order valence-electron chi connectivity index (χ0n) is 24.1. The van der Waals surface area contributed by atoms with Crippen molar-refractivity contribution in [3.05, 3.63) is 144 Å². The molecule has 1 fully saturated rings. The van der Waals surface area contributed by atoms with Crippen LogP contribution in [0.25, 0.3) is 11.3 Å². The highest BCUT2D eigenvalue weighted by atomic mass is 32.2. The van der Waals surface area contributed by atoms with E-state index in [-0.39, 0.29) is 5.91 Å². The Morgan fingerprint density at radius 1 is 0.698 bits per heavy atom. The second-order valence-electron chi connectivity index (χ2n) is 10.7. The van der Waals surface area contributed by atoms with E-state index in [9.17, 15) is 4.79 Å². The van der Waals surface area contributed by atoms with Gasteiger partial charge in [0.1, 0.15) is 5.82 Å². The standard InChI is InChI=1S/C36H35N5OS/c42-35(37-25-28-11-4-1-5-12-28)32-18-10-15-30(23-32)27-43-36-38-33(31-16-8-3-9-17-31)24-34(39-36)41-21-19-40(20-22-41)26-29-13-6-2-7-14-29/h1-18,23-24H,19-22,25-27H2,(H,37,42). The number of thioether (sulfide) groups is 1. The Morgan fingerprint density at radius 3 is 2.07 bits per heavy atom. The summed E-state index contributed by atoms with van der Waals surface area (Å²) in [6.45, 7) is 5.28. The lowest BCUT2D eigenvalue weighted by molar-refractivity contribution is 0.0951. The molecule has 0 unspecified atom stereocenters. The Bertz CT molecular complexity index is 1620. The van der Waals surface area contributed by atoms with Crippen LogP contribution in [0.4, 0.5) is 5.82 Å². The lowest BCUT2D eigenvalue weighted by atomic mass is 10.1. The quantitative estimate of drug-likeness (QED) is 0.146. The fourth-order valence-corrected chi connectivity index (χ4v) is 6.00. The Morgan fingerprint density at radius 2 is 1.35 bits per heavy atom. The van der Waals surface area contributed by atoms with Crippen molar-refractivity contribution in [1.29, 1.82) is 0 Å². The topological polar surface area (TPSA) is 61.4 Å². The van der Waals surface area contributed by atoms with Crippen LogP contribution in [-0.2, 0) is 18.8 Å². The number of carbonyl (C=O) groups is 1. The van der Waals surface area contributed by atoms with E-state index in [4.69, 9.17) is 9.97 Å². The average molecular weight is 586 g/mol. The van der Waals surface area contributed by atoms with Gasteiger partial charge in [-0.15, -0.1) is 0 Å². The predicted molar refractivity (Wildman–Crippen MR) is 175 cm³/mol. The molecule has 1 aliphatic heterocycles. The third-order valence-corrected chi connectivity index (χ3v) is 8.48. The molecule has 0 atom stereocenters. The van der Waals surface area contributed by atoms with Crippen molar-refractivity contribution in [2.24, 2.45) is 0 Å². The average Bonchev–Trinajstić information content (AvgIpc) is 3.08. The number of aromatic nitrogens is 2. The first kappa shape index (κ1) is 28.6. The molecule has 0 bridgehead atoms. The summed E-state index contributed by atoms with van der Waals surface area (Å²) in [4.78, 5) is 27.7. The van der Waals surface area contributed by atoms with E-state index in [2.05, 4.69) is 69.7 Å². The fourth-order valence-electron chi connectivity index (χ4n) is 5.20. The summed E-state index contributed by atoms with van der Waals surface area (Å²) in [5, 5.41) is 3.76. The van der Waals surface area contributed by atoms with Crippen molar-refractivity contribution in [1.82, 2.24) is 20.2 Å². The maximum absolute atomic E-state index is 12.8. The third-order valence-electron chi connectivity index (χ3n) is 7.56. The molecule has 6 rings (SSSR count). The van der Waals surface area contributed by atoms with Crippen molar-refractivity contribution in [2.45, 2.75) is 24.0 Å². The summed E-state index contributed by atoms with van der Waals surface area (Å²) in [6, 6.07) is 40.8. The van der Waals surface area contributed by atoms with Gasteiger partial charge in [0.15, 0.2) is 5.16 Å². The predicted octanol–water partition coefficient (Wildman–Crippen LogP) is 6.69. The van der Waals surface area contributed by atoms with E-state index in [1.807, 2.05) is 66.7 Å². The van der Waals surface area contributed by atoms with Crippen molar-refractivity contribution in [3.63, 3.8) is 0 Å². The molecule has 1 saturated heterocycles. The number of nitrogens with one attached hydrogen (secondary N) is 1. The molecular formula is C36H35N5OS. The first-order valence-electron chi connectivity index (χ1n) is 14.7. The first-order chi connectivity index (χ1) is 21.2. The molecule has 0 spiro atoms. The van der Waals surface area contributed by atoms with E-state index in [1.54, 1.807) is 11.8 Å². The van der Waals surface area contributed by atoms with Gasteiger partial charge in [-0.3, -0.25) is 9.69 Å². The molecule has 0 saturated carbocycles. The molecular weight excluding hydrogens is 550 g/mol. The third kappa shape index (κ3) is 7.89. The maximum atomic E-state index is 12.8. The number of amides is 1. The number of benzene rings is 4. The van der Waals surface area contributed by atoms with Gasteiger partial charge < -0.3 is 10.2 Å². The van der Waals surface area contributed by atoms with Crippen LogP contribution in [0, 0.1) is 0 Å². The second kappa shape index (κ2) is 14.1. The Labute approximate surface area is 257 Å². The SMILES string of the molecule is O=C(NCc1ccccc1)c1cccc(CSc2nc(-c3ccccc3)cc(N3CCN(Cc4ccccc4)CC3)n2)c1. The summed E-state index contributed by atoms with van der Waals surface area (Å²) in [7, 11) is 0. The van der Waals surface area contributed by atoms with E-state index >= 15 is 0 Å². The highest BCUT2D eigenvalue weighted by molar-refractivity contribution is 7.98. The van der Waals surface area contributed by atoms with Crippen LogP contribution in [0.5, 0.6) is 0 Å². The van der Waals surface area contributed by atoms with Crippen molar-refractivity contribution in [3.8, 4) is 11.3 Å². The van der Waals surface area contributed by atoms with Gasteiger partial charge in [-0.05, 0) is 28.8 Å². The van der Waals surface area contributed by atoms with Crippen LogP contribution in [0.1, 0.15) is 27.0 Å². The number of hydrogen-bond donors (Lipinski definition) is 1. The minimum Gasteiger partial charge on any atom is -0.354 e. The van der Waals surface area contributed by atoms with Crippen molar-refractivity contribution < 1.29 is 4.79 Å². The van der Waals surface area contributed by atoms with Crippen LogP contribution in [0.15, 0.2) is 126 Å². The number of piperazine rings is 1. The molecule has 2 heterocycles. The van der Waals surface area contributed by atoms with Gasteiger partial charge >= 0.3 is 0 Å². The molecule has 216 valence electrons. The summed E-state index contributed by atoms with van der Waals surface area (Å²) in [6.07, 6.45) is 0. The Hall–Kier alpha value is -4.46. The normalized spacial score (nSPS) is 13.5. The largest absolute Gasteiger partial charge is 0.354 e. The summed E-state index contributed by atoms with van der Waals surface area (Å²) in [5.74, 6) is 1.55. The zero-order valence-corrected chi connectivity index (χ0v) is 24.9. The lowest BCUT2D eigenvalue weighted by Gasteiger charge is -2.35. The van der Waals surface area contributed by atoms with Crippen LogP contribution in [0.2, 0.25) is 0 Å². The van der Waals surface area contributed by atoms with Gasteiger partial charge in [0.2, 0.25) is 0 Å². The fraction of sp³-hybridized carbons (Fsp3) is 0.194. The summed E-state index contributed by atoms with van der Waals surface area (Å²) in [5.41, 5.74) is 6.14. The molecule has 6 nitrogen and oxygen atoms in total. The Kier molecular flexibility index (Phi) is 9.42. The van der Waals surface area contributed by atoms with Crippen molar-refractivity contribution >= 4 is 23.5 Å². The molecule has 1 aliphatic rings. The lowest BCUT2D eigenvalue weighted by Crippen LogP contribution is -2.46. The molecule has 1 N–H and O–H groups in total. The first-order valence-corrected chi connectivity index (χ1v) is 15.7. The van der Waals surface area contributed by atoms with Gasteiger partial charge in [0.25, 0.3) is 5.91 Å². The number of hydrogen-bond acceptors (Lipinski definition) is 6. The van der Waals surface area contributed by atoms with Crippen LogP contribution < -0.4 is 10.2 Å². The van der Waals surface area contributed by atoms with Gasteiger partial charge in [0.05, 0.1) is 5.69 Å². The molecule has 43 heavy (non-hydrogen) atoms. The highest BCUT2D eigenvalue weighted by Crippen LogP contribution is 2.28. The number of anilines is 1. The molecule has 7 heteroatoms. The monoisotopic (exact) mass is 585 g/mol. The number of rotatable bonds is 10. The second-order valence-corrected chi connectivity index (χ2v) is 11.6. The maximum Gasteiger partial charge on any atom is 0.251 e. The molecule has 4 aromatic carbocycles. The smallest absolute Gasteiger partial charge is 0.251 e. The molecule has 1 amide bonds. The molecule has 1 aromatic heterocycles. The van der Waals surface area contributed by atoms with E-state index in [0.717, 1.165) is 66.1 Å². The number of carbonyl (C=O) groups excluding carboxylic acids is 1. The summed E-state index contributed by atoms with van der Waals surface area (Å²) >= 11 is 1.60. The summed E-state index contributed by atoms with van der Waals surface area (Å²) < 4.78 is 0. The molecule has 0 aliphatic carbocycles. The Balaban J connectivity index is 1.14. The van der Waals surface area contributed by atoms with Crippen LogP contribution >= 0.6 is 11.8 Å². The van der Waals surface area contributed by atoms with Gasteiger partial charge in [0, 0.05) is 62.2 Å². The van der Waals surface area contributed by atoms with Crippen LogP contribution in [-0.4, -0.2) is 47.0 Å². The zero-order chi connectivity index (χ0) is 29.3. The van der Waals surface area contributed by atoms with E-state index < -0.39 is 0 Å². The van der Waals surface area contributed by atoms with E-state index in [0.29, 0.717) is 17.9 Å². The number of nitrogens with zero attached hydrogens (tertiary/aromatic N) is 4. The van der Waals surface area contributed by atoms with Gasteiger partial charge in [-0.25, -0.2) is 9.97 Å². The minimum atomic E-state index is -0.0771. The molecule has 5 aromatic rings. The molecule has 0 radical (unpaired) electrons.